The lowest BCUT2D eigenvalue weighted by molar-refractivity contribution is 0.190. The molecule has 8 nitrogen and oxygen atoms in total. The average molecular weight is 436 g/mol. The number of carbonyl (C=O) groups is 1. The Morgan fingerprint density at radius 3 is 2.53 bits per heavy atom. The number of benzene rings is 2. The van der Waals surface area contributed by atoms with Crippen molar-refractivity contribution in [2.24, 2.45) is 0 Å². The Balaban J connectivity index is 1.88. The van der Waals surface area contributed by atoms with E-state index in [1.807, 2.05) is 50.2 Å². The van der Waals surface area contributed by atoms with Crippen LogP contribution in [0, 0.1) is 6.92 Å². The Bertz CT molecular complexity index is 1030. The molecular weight excluding hydrogens is 406 g/mol. The molecule has 0 spiro atoms. The van der Waals surface area contributed by atoms with E-state index in [1.165, 1.54) is 4.90 Å². The van der Waals surface area contributed by atoms with E-state index in [0.717, 1.165) is 11.1 Å². The summed E-state index contributed by atoms with van der Waals surface area (Å²) in [6.07, 6.45) is 1.62. The minimum Gasteiger partial charge on any atom is -0.497 e. The largest absolute Gasteiger partial charge is 0.497 e. The maximum Gasteiger partial charge on any atom is 0.327 e. The van der Waals surface area contributed by atoms with E-state index >= 15 is 0 Å². The Labute approximate surface area is 188 Å². The third kappa shape index (κ3) is 5.95. The van der Waals surface area contributed by atoms with Gasteiger partial charge >= 0.3 is 6.03 Å². The fraction of sp³-hybridized carbons (Fsp3) is 0.292. The van der Waals surface area contributed by atoms with Gasteiger partial charge < -0.3 is 20.1 Å². The molecule has 2 aromatic carbocycles. The molecule has 0 fully saturated rings. The normalized spacial score (nSPS) is 11.5. The van der Waals surface area contributed by atoms with Crippen molar-refractivity contribution in [3.05, 3.63) is 71.9 Å². The van der Waals surface area contributed by atoms with E-state index in [1.54, 1.807) is 38.6 Å². The van der Waals surface area contributed by atoms with Crippen molar-refractivity contribution in [1.82, 2.24) is 15.3 Å². The summed E-state index contributed by atoms with van der Waals surface area (Å²) >= 11 is 0. The van der Waals surface area contributed by atoms with Crippen molar-refractivity contribution in [1.29, 1.82) is 0 Å². The van der Waals surface area contributed by atoms with Crippen molar-refractivity contribution in [2.45, 2.75) is 26.4 Å². The molecule has 168 valence electrons. The summed E-state index contributed by atoms with van der Waals surface area (Å²) < 4.78 is 10.4. The molecule has 0 saturated heterocycles. The Morgan fingerprint density at radius 2 is 1.84 bits per heavy atom. The molecule has 0 aliphatic rings. The highest BCUT2D eigenvalue weighted by atomic mass is 16.5. The lowest BCUT2D eigenvalue weighted by atomic mass is 10.1. The van der Waals surface area contributed by atoms with Crippen LogP contribution in [0.3, 0.4) is 0 Å². The van der Waals surface area contributed by atoms with Crippen LogP contribution in [-0.2, 0) is 11.3 Å². The number of hydrogen-bond acceptors (Lipinski definition) is 6. The number of methoxy groups -OCH3 is 2. The standard InChI is InChI=1S/C24H29N5O3/c1-17-7-5-6-8-19(17)15-26-24(30)29(20-9-11-21(32-4)12-10-20)22-13-14-25-23(28-22)27-18(2)16-31-3/h5-14,18H,15-16H2,1-4H3,(H,26,30)(H,25,27,28). The molecule has 3 aromatic rings. The van der Waals surface area contributed by atoms with Gasteiger partial charge in [-0.05, 0) is 49.2 Å². The summed E-state index contributed by atoms with van der Waals surface area (Å²) in [4.78, 5) is 23.7. The summed E-state index contributed by atoms with van der Waals surface area (Å²) in [5, 5.41) is 6.19. The van der Waals surface area contributed by atoms with Crippen LogP contribution in [0.1, 0.15) is 18.1 Å². The molecule has 2 amide bonds. The molecule has 1 unspecified atom stereocenters. The van der Waals surface area contributed by atoms with Gasteiger partial charge in [0.1, 0.15) is 11.6 Å². The van der Waals surface area contributed by atoms with Crippen molar-refractivity contribution in [3.63, 3.8) is 0 Å². The summed E-state index contributed by atoms with van der Waals surface area (Å²) in [5.41, 5.74) is 2.82. The van der Waals surface area contributed by atoms with Gasteiger partial charge in [-0.1, -0.05) is 24.3 Å². The number of carbonyl (C=O) groups excluding carboxylic acids is 1. The molecule has 8 heteroatoms. The molecule has 0 aliphatic carbocycles. The smallest absolute Gasteiger partial charge is 0.327 e. The van der Waals surface area contributed by atoms with Gasteiger partial charge in [0, 0.05) is 32.0 Å². The minimum absolute atomic E-state index is 0.0135. The van der Waals surface area contributed by atoms with Crippen LogP contribution in [0.4, 0.5) is 22.2 Å². The molecule has 3 rings (SSSR count). The third-order valence-electron chi connectivity index (χ3n) is 4.89. The number of rotatable bonds is 9. The van der Waals surface area contributed by atoms with Gasteiger partial charge in [-0.25, -0.2) is 14.7 Å². The second-order valence-corrected chi connectivity index (χ2v) is 7.36. The third-order valence-corrected chi connectivity index (χ3v) is 4.89. The molecule has 0 saturated carbocycles. The Hall–Kier alpha value is -3.65. The predicted octanol–water partition coefficient (Wildman–Crippen LogP) is 4.29. The quantitative estimate of drug-likeness (QED) is 0.521. The number of urea groups is 1. The minimum atomic E-state index is -0.298. The topological polar surface area (TPSA) is 88.6 Å². The fourth-order valence-corrected chi connectivity index (χ4v) is 3.20. The lowest BCUT2D eigenvalue weighted by Crippen LogP contribution is -2.37. The zero-order valence-electron chi connectivity index (χ0n) is 18.8. The van der Waals surface area contributed by atoms with Crippen LogP contribution in [0.5, 0.6) is 5.75 Å². The molecule has 1 atom stereocenters. The first kappa shape index (κ1) is 23.0. The van der Waals surface area contributed by atoms with Crippen LogP contribution < -0.4 is 20.3 Å². The maximum absolute atomic E-state index is 13.3. The monoisotopic (exact) mass is 435 g/mol. The van der Waals surface area contributed by atoms with Crippen molar-refractivity contribution in [3.8, 4) is 5.75 Å². The molecule has 0 radical (unpaired) electrons. The number of aromatic nitrogens is 2. The average Bonchev–Trinajstić information content (AvgIpc) is 2.79. The highest BCUT2D eigenvalue weighted by molar-refractivity contribution is 5.98. The molecular formula is C24H29N5O3. The van der Waals surface area contributed by atoms with Crippen LogP contribution in [0.25, 0.3) is 0 Å². The van der Waals surface area contributed by atoms with Gasteiger partial charge in [0.05, 0.1) is 19.4 Å². The van der Waals surface area contributed by atoms with E-state index in [4.69, 9.17) is 9.47 Å². The SMILES string of the molecule is COCC(C)Nc1nccc(N(C(=O)NCc2ccccc2C)c2ccc(OC)cc2)n1. The summed E-state index contributed by atoms with van der Waals surface area (Å²) in [7, 11) is 3.24. The maximum atomic E-state index is 13.3. The molecule has 0 aliphatic heterocycles. The van der Waals surface area contributed by atoms with E-state index in [0.29, 0.717) is 36.4 Å². The number of aryl methyl sites for hydroxylation is 1. The van der Waals surface area contributed by atoms with Crippen molar-refractivity contribution in [2.75, 3.05) is 31.0 Å². The van der Waals surface area contributed by atoms with Gasteiger partial charge in [0.2, 0.25) is 5.95 Å². The first-order valence-electron chi connectivity index (χ1n) is 10.4. The number of hydrogen-bond donors (Lipinski definition) is 2. The van der Waals surface area contributed by atoms with E-state index in [-0.39, 0.29) is 12.1 Å². The first-order valence-corrected chi connectivity index (χ1v) is 10.4. The number of amides is 2. The molecule has 1 aromatic heterocycles. The van der Waals surface area contributed by atoms with E-state index in [2.05, 4.69) is 20.6 Å². The Kier molecular flexibility index (Phi) is 7.99. The first-order chi connectivity index (χ1) is 15.5. The second kappa shape index (κ2) is 11.1. The van der Waals surface area contributed by atoms with Gasteiger partial charge in [-0.2, -0.15) is 4.98 Å². The fourth-order valence-electron chi connectivity index (χ4n) is 3.20. The highest BCUT2D eigenvalue weighted by Crippen LogP contribution is 2.26. The molecule has 2 N–H and O–H groups in total. The van der Waals surface area contributed by atoms with Crippen LogP contribution in [0.2, 0.25) is 0 Å². The number of ether oxygens (including phenoxy) is 2. The summed E-state index contributed by atoms with van der Waals surface area (Å²) in [5.74, 6) is 1.56. The second-order valence-electron chi connectivity index (χ2n) is 7.36. The van der Waals surface area contributed by atoms with Gasteiger partial charge in [0.25, 0.3) is 0 Å². The zero-order valence-corrected chi connectivity index (χ0v) is 18.8. The van der Waals surface area contributed by atoms with Crippen LogP contribution >= 0.6 is 0 Å². The van der Waals surface area contributed by atoms with Crippen LogP contribution in [-0.4, -0.2) is 42.9 Å². The Morgan fingerprint density at radius 1 is 1.09 bits per heavy atom. The van der Waals surface area contributed by atoms with Gasteiger partial charge in [-0.3, -0.25) is 0 Å². The van der Waals surface area contributed by atoms with Gasteiger partial charge in [-0.15, -0.1) is 0 Å². The number of anilines is 3. The number of nitrogens with zero attached hydrogens (tertiary/aromatic N) is 3. The van der Waals surface area contributed by atoms with Crippen molar-refractivity contribution >= 4 is 23.5 Å². The van der Waals surface area contributed by atoms with E-state index < -0.39 is 0 Å². The summed E-state index contributed by atoms with van der Waals surface area (Å²) in [6.45, 7) is 4.90. The lowest BCUT2D eigenvalue weighted by Gasteiger charge is -2.23. The molecule has 1 heterocycles. The van der Waals surface area contributed by atoms with Crippen LogP contribution in [0.15, 0.2) is 60.8 Å². The van der Waals surface area contributed by atoms with E-state index in [9.17, 15) is 4.79 Å². The molecule has 32 heavy (non-hydrogen) atoms. The number of nitrogens with one attached hydrogen (secondary N) is 2. The highest BCUT2D eigenvalue weighted by Gasteiger charge is 2.20. The predicted molar refractivity (Wildman–Crippen MR) is 126 cm³/mol. The molecule has 0 bridgehead atoms. The van der Waals surface area contributed by atoms with Gasteiger partial charge in [0.15, 0.2) is 0 Å². The zero-order chi connectivity index (χ0) is 22.9. The summed E-state index contributed by atoms with van der Waals surface area (Å²) in [6, 6.07) is 16.6. The van der Waals surface area contributed by atoms with Crippen molar-refractivity contribution < 1.29 is 14.3 Å².